The Morgan fingerprint density at radius 1 is 1.33 bits per heavy atom. The van der Waals surface area contributed by atoms with Crippen LogP contribution in [0.1, 0.15) is 0 Å². The molecule has 9 heavy (non-hydrogen) atoms. The Labute approximate surface area is 53.5 Å². The van der Waals surface area contributed by atoms with Crippen molar-refractivity contribution in [3.05, 3.63) is 0 Å². The molecule has 0 saturated carbocycles. The van der Waals surface area contributed by atoms with E-state index >= 15 is 0 Å². The van der Waals surface area contributed by atoms with Crippen LogP contribution < -0.4 is 5.32 Å². The van der Waals surface area contributed by atoms with Crippen molar-refractivity contribution in [1.29, 1.82) is 0 Å². The van der Waals surface area contributed by atoms with Crippen LogP contribution in [-0.2, 0) is 0 Å². The smallest absolute Gasteiger partial charge is 0.102 e. The highest BCUT2D eigenvalue weighted by molar-refractivity contribution is 4.61. The normalized spacial score (nSPS) is 10.7. The van der Waals surface area contributed by atoms with E-state index in [1.807, 2.05) is 0 Å². The summed E-state index contributed by atoms with van der Waals surface area (Å²) in [4.78, 5) is 0. The molecule has 3 N–H and O–H groups in total. The first-order valence-electron chi connectivity index (χ1n) is 2.86. The summed E-state index contributed by atoms with van der Waals surface area (Å²) in [6, 6.07) is -0.374. The van der Waals surface area contributed by atoms with E-state index in [0.717, 1.165) is 0 Å². The van der Waals surface area contributed by atoms with Crippen LogP contribution in [-0.4, -0.2) is 42.7 Å². The number of nitrogens with one attached hydrogen (secondary N) is 1. The van der Waals surface area contributed by atoms with Crippen LogP contribution in [0.4, 0.5) is 4.39 Å². The maximum absolute atomic E-state index is 11.4. The first-order chi connectivity index (χ1) is 4.35. The molecule has 0 aliphatic heterocycles. The highest BCUT2D eigenvalue weighted by Crippen LogP contribution is 1.77. The SMILES string of the molecule is OCC(CO)NCCF. The van der Waals surface area contributed by atoms with Gasteiger partial charge in [-0.1, -0.05) is 0 Å². The lowest BCUT2D eigenvalue weighted by Crippen LogP contribution is -2.36. The van der Waals surface area contributed by atoms with Gasteiger partial charge in [-0.25, -0.2) is 4.39 Å². The number of hydrogen-bond acceptors (Lipinski definition) is 3. The number of hydrogen-bond donors (Lipinski definition) is 3. The Bertz CT molecular complexity index is 58.9. The second-order valence-electron chi connectivity index (χ2n) is 1.71. The predicted octanol–water partition coefficient (Wildman–Crippen LogP) is -1.10. The molecule has 56 valence electrons. The zero-order valence-electron chi connectivity index (χ0n) is 5.18. The summed E-state index contributed by atoms with van der Waals surface area (Å²) in [7, 11) is 0. The van der Waals surface area contributed by atoms with Gasteiger partial charge in [-0.2, -0.15) is 0 Å². The highest BCUT2D eigenvalue weighted by Gasteiger charge is 2.01. The average Bonchev–Trinajstić information content (AvgIpc) is 1.91. The zero-order chi connectivity index (χ0) is 7.11. The molecule has 0 fully saturated rings. The quantitative estimate of drug-likeness (QED) is 0.451. The topological polar surface area (TPSA) is 52.5 Å². The third kappa shape index (κ3) is 4.32. The van der Waals surface area contributed by atoms with Gasteiger partial charge in [0.2, 0.25) is 0 Å². The Morgan fingerprint density at radius 2 is 1.89 bits per heavy atom. The van der Waals surface area contributed by atoms with E-state index < -0.39 is 6.67 Å². The van der Waals surface area contributed by atoms with Crippen LogP contribution in [0.3, 0.4) is 0 Å². The monoisotopic (exact) mass is 137 g/mol. The standard InChI is InChI=1S/C5H12FNO2/c6-1-2-7-5(3-8)4-9/h5,7-9H,1-4H2. The van der Waals surface area contributed by atoms with E-state index in [1.165, 1.54) is 0 Å². The van der Waals surface area contributed by atoms with Crippen LogP contribution in [0.5, 0.6) is 0 Å². The van der Waals surface area contributed by atoms with Crippen LogP contribution in [0, 0.1) is 0 Å². The summed E-state index contributed by atoms with van der Waals surface area (Å²) < 4.78 is 11.4. The molecule has 4 heteroatoms. The Balaban J connectivity index is 3.09. The van der Waals surface area contributed by atoms with Crippen molar-refractivity contribution in [2.24, 2.45) is 0 Å². The van der Waals surface area contributed by atoms with Crippen molar-refractivity contribution >= 4 is 0 Å². The third-order valence-electron chi connectivity index (χ3n) is 0.968. The Kier molecular flexibility index (Phi) is 5.81. The van der Waals surface area contributed by atoms with Gasteiger partial charge in [0.15, 0.2) is 0 Å². The van der Waals surface area contributed by atoms with Gasteiger partial charge in [-0.15, -0.1) is 0 Å². The summed E-state index contributed by atoms with van der Waals surface area (Å²) in [6.07, 6.45) is 0. The molecule has 0 spiro atoms. The lowest BCUT2D eigenvalue weighted by molar-refractivity contribution is 0.169. The van der Waals surface area contributed by atoms with E-state index in [4.69, 9.17) is 10.2 Å². The number of rotatable bonds is 5. The predicted molar refractivity (Wildman–Crippen MR) is 31.9 cm³/mol. The lowest BCUT2D eigenvalue weighted by atomic mass is 10.3. The fourth-order valence-corrected chi connectivity index (χ4v) is 0.446. The lowest BCUT2D eigenvalue weighted by Gasteiger charge is -2.10. The second-order valence-corrected chi connectivity index (χ2v) is 1.71. The largest absolute Gasteiger partial charge is 0.395 e. The second kappa shape index (κ2) is 5.94. The van der Waals surface area contributed by atoms with E-state index in [1.54, 1.807) is 0 Å². The van der Waals surface area contributed by atoms with Gasteiger partial charge in [0.25, 0.3) is 0 Å². The van der Waals surface area contributed by atoms with Gasteiger partial charge in [-0.3, -0.25) is 0 Å². The number of aliphatic hydroxyl groups excluding tert-OH is 2. The highest BCUT2D eigenvalue weighted by atomic mass is 19.1. The van der Waals surface area contributed by atoms with Crippen molar-refractivity contribution in [1.82, 2.24) is 5.32 Å². The molecule has 0 bridgehead atoms. The van der Waals surface area contributed by atoms with Crippen molar-refractivity contribution < 1.29 is 14.6 Å². The fraction of sp³-hybridized carbons (Fsp3) is 1.00. The van der Waals surface area contributed by atoms with E-state index in [-0.39, 0.29) is 25.8 Å². The third-order valence-corrected chi connectivity index (χ3v) is 0.968. The average molecular weight is 137 g/mol. The fourth-order valence-electron chi connectivity index (χ4n) is 0.446. The first-order valence-corrected chi connectivity index (χ1v) is 2.86. The number of aliphatic hydroxyl groups is 2. The van der Waals surface area contributed by atoms with Gasteiger partial charge in [0.05, 0.1) is 19.3 Å². The van der Waals surface area contributed by atoms with E-state index in [0.29, 0.717) is 0 Å². The minimum absolute atomic E-state index is 0.156. The van der Waals surface area contributed by atoms with Gasteiger partial charge >= 0.3 is 0 Å². The summed E-state index contributed by atoms with van der Waals surface area (Å²) >= 11 is 0. The molecule has 0 aromatic carbocycles. The molecule has 0 amide bonds. The molecule has 0 aliphatic carbocycles. The molecule has 0 unspecified atom stereocenters. The van der Waals surface area contributed by atoms with Crippen molar-refractivity contribution in [3.8, 4) is 0 Å². The maximum atomic E-state index is 11.4. The molecular formula is C5H12FNO2. The Hall–Kier alpha value is -0.190. The van der Waals surface area contributed by atoms with Gasteiger partial charge in [-0.05, 0) is 0 Å². The zero-order valence-corrected chi connectivity index (χ0v) is 5.18. The molecule has 0 aromatic rings. The summed E-state index contributed by atoms with van der Waals surface area (Å²) in [6.45, 7) is -0.602. The van der Waals surface area contributed by atoms with Crippen LogP contribution in [0.25, 0.3) is 0 Å². The maximum Gasteiger partial charge on any atom is 0.102 e. The van der Waals surface area contributed by atoms with Crippen molar-refractivity contribution in [3.63, 3.8) is 0 Å². The van der Waals surface area contributed by atoms with Crippen LogP contribution >= 0.6 is 0 Å². The minimum Gasteiger partial charge on any atom is -0.395 e. The summed E-state index contributed by atoms with van der Waals surface area (Å²) in [5.74, 6) is 0. The number of alkyl halides is 1. The van der Waals surface area contributed by atoms with E-state index in [2.05, 4.69) is 5.32 Å². The summed E-state index contributed by atoms with van der Waals surface area (Å²) in [5, 5.41) is 19.4. The number of halogens is 1. The van der Waals surface area contributed by atoms with Gasteiger partial charge < -0.3 is 15.5 Å². The molecule has 0 radical (unpaired) electrons. The van der Waals surface area contributed by atoms with Gasteiger partial charge in [0.1, 0.15) is 6.67 Å². The first kappa shape index (κ1) is 8.81. The summed E-state index contributed by atoms with van der Waals surface area (Å²) in [5.41, 5.74) is 0. The molecule has 0 atom stereocenters. The molecule has 0 aromatic heterocycles. The molecule has 3 nitrogen and oxygen atoms in total. The van der Waals surface area contributed by atoms with Crippen LogP contribution in [0.2, 0.25) is 0 Å². The van der Waals surface area contributed by atoms with Gasteiger partial charge in [0, 0.05) is 6.54 Å². The Morgan fingerprint density at radius 3 is 2.22 bits per heavy atom. The minimum atomic E-state index is -0.476. The van der Waals surface area contributed by atoms with Crippen molar-refractivity contribution in [2.75, 3.05) is 26.4 Å². The van der Waals surface area contributed by atoms with Crippen molar-refractivity contribution in [2.45, 2.75) is 6.04 Å². The molecule has 0 rings (SSSR count). The molecule has 0 saturated heterocycles. The molecular weight excluding hydrogens is 125 g/mol. The molecule has 0 heterocycles. The van der Waals surface area contributed by atoms with Crippen LogP contribution in [0.15, 0.2) is 0 Å². The van der Waals surface area contributed by atoms with E-state index in [9.17, 15) is 4.39 Å². The molecule has 0 aliphatic rings.